The van der Waals surface area contributed by atoms with E-state index in [-0.39, 0.29) is 18.0 Å². The number of amides is 1. The molecule has 0 unspecified atom stereocenters. The SMILES string of the molecule is C[C@H]1c2[nH]c3ccccc3c2C[C@@H]2C(=O)NCCN21. The zero-order valence-corrected chi connectivity index (χ0v) is 10.9. The summed E-state index contributed by atoms with van der Waals surface area (Å²) in [5, 5.41) is 4.25. The summed E-state index contributed by atoms with van der Waals surface area (Å²) in [5.74, 6) is 0.175. The lowest BCUT2D eigenvalue weighted by atomic mass is 9.91. The highest BCUT2D eigenvalue weighted by atomic mass is 16.2. The molecule has 1 amide bonds. The Balaban J connectivity index is 1.89. The maximum Gasteiger partial charge on any atom is 0.237 e. The number of H-pyrrole nitrogens is 1. The zero-order valence-electron chi connectivity index (χ0n) is 10.9. The Hall–Kier alpha value is -1.81. The molecule has 1 aromatic heterocycles. The van der Waals surface area contributed by atoms with Crippen LogP contribution >= 0.6 is 0 Å². The normalized spacial score (nSPS) is 26.9. The van der Waals surface area contributed by atoms with Crippen molar-refractivity contribution in [1.29, 1.82) is 0 Å². The molecule has 19 heavy (non-hydrogen) atoms. The van der Waals surface area contributed by atoms with Gasteiger partial charge < -0.3 is 10.3 Å². The maximum absolute atomic E-state index is 12.1. The number of carbonyl (C=O) groups is 1. The summed E-state index contributed by atoms with van der Waals surface area (Å²) in [6.45, 7) is 3.89. The highest BCUT2D eigenvalue weighted by Crippen LogP contribution is 2.37. The largest absolute Gasteiger partial charge is 0.357 e. The monoisotopic (exact) mass is 255 g/mol. The summed E-state index contributed by atoms with van der Waals surface area (Å²) in [6, 6.07) is 8.65. The van der Waals surface area contributed by atoms with E-state index in [1.807, 2.05) is 0 Å². The minimum Gasteiger partial charge on any atom is -0.357 e. The first-order valence-electron chi connectivity index (χ1n) is 6.88. The van der Waals surface area contributed by atoms with Crippen LogP contribution < -0.4 is 5.32 Å². The van der Waals surface area contributed by atoms with Crippen molar-refractivity contribution in [3.8, 4) is 0 Å². The molecule has 1 fully saturated rings. The van der Waals surface area contributed by atoms with Crippen LogP contribution in [0.5, 0.6) is 0 Å². The van der Waals surface area contributed by atoms with Gasteiger partial charge in [-0.15, -0.1) is 0 Å². The van der Waals surface area contributed by atoms with Gasteiger partial charge in [0.1, 0.15) is 0 Å². The maximum atomic E-state index is 12.1. The van der Waals surface area contributed by atoms with Gasteiger partial charge in [0.2, 0.25) is 5.91 Å². The first-order chi connectivity index (χ1) is 9.25. The molecule has 0 aliphatic carbocycles. The van der Waals surface area contributed by atoms with E-state index in [4.69, 9.17) is 0 Å². The first-order valence-corrected chi connectivity index (χ1v) is 6.88. The Kier molecular flexibility index (Phi) is 2.23. The third-order valence-corrected chi connectivity index (χ3v) is 4.53. The van der Waals surface area contributed by atoms with Crippen LogP contribution in [0.1, 0.15) is 24.2 Å². The minimum atomic E-state index is -0.00421. The van der Waals surface area contributed by atoms with Gasteiger partial charge in [0, 0.05) is 35.7 Å². The number of piperazine rings is 1. The van der Waals surface area contributed by atoms with E-state index in [0.29, 0.717) is 0 Å². The predicted molar refractivity (Wildman–Crippen MR) is 73.9 cm³/mol. The number of rotatable bonds is 0. The van der Waals surface area contributed by atoms with Gasteiger partial charge in [0.15, 0.2) is 0 Å². The Morgan fingerprint density at radius 2 is 2.16 bits per heavy atom. The van der Waals surface area contributed by atoms with E-state index < -0.39 is 0 Å². The van der Waals surface area contributed by atoms with Crippen molar-refractivity contribution in [1.82, 2.24) is 15.2 Å². The average molecular weight is 255 g/mol. The van der Waals surface area contributed by atoms with Crippen molar-refractivity contribution in [3.63, 3.8) is 0 Å². The molecule has 4 nitrogen and oxygen atoms in total. The van der Waals surface area contributed by atoms with Crippen molar-refractivity contribution in [2.75, 3.05) is 13.1 Å². The number of fused-ring (bicyclic) bond motifs is 4. The second kappa shape index (κ2) is 3.84. The molecular formula is C15H17N3O. The molecule has 2 aliphatic rings. The predicted octanol–water partition coefficient (Wildman–Crippen LogP) is 1.59. The number of para-hydroxylation sites is 1. The summed E-state index contributed by atoms with van der Waals surface area (Å²) in [7, 11) is 0. The fourth-order valence-corrected chi connectivity index (χ4v) is 3.56. The molecule has 1 saturated heterocycles. The minimum absolute atomic E-state index is 0.00421. The molecule has 2 N–H and O–H groups in total. The number of hydrogen-bond acceptors (Lipinski definition) is 2. The lowest BCUT2D eigenvalue weighted by Gasteiger charge is -2.42. The molecule has 0 bridgehead atoms. The van der Waals surface area contributed by atoms with Crippen LogP contribution in [-0.2, 0) is 11.2 Å². The number of benzene rings is 1. The molecule has 4 rings (SSSR count). The molecule has 0 radical (unpaired) electrons. The smallest absolute Gasteiger partial charge is 0.237 e. The molecule has 2 aromatic rings. The molecule has 0 spiro atoms. The van der Waals surface area contributed by atoms with Crippen molar-refractivity contribution in [2.24, 2.45) is 0 Å². The average Bonchev–Trinajstić information content (AvgIpc) is 2.80. The molecule has 98 valence electrons. The lowest BCUT2D eigenvalue weighted by molar-refractivity contribution is -0.130. The van der Waals surface area contributed by atoms with Crippen LogP contribution in [0.4, 0.5) is 0 Å². The summed E-state index contributed by atoms with van der Waals surface area (Å²) < 4.78 is 0. The highest BCUT2D eigenvalue weighted by molar-refractivity contribution is 5.88. The van der Waals surface area contributed by atoms with Gasteiger partial charge in [-0.2, -0.15) is 0 Å². The van der Waals surface area contributed by atoms with Gasteiger partial charge in [-0.1, -0.05) is 18.2 Å². The molecule has 1 aromatic carbocycles. The van der Waals surface area contributed by atoms with Crippen molar-refractivity contribution < 1.29 is 4.79 Å². The van der Waals surface area contributed by atoms with Gasteiger partial charge >= 0.3 is 0 Å². The molecule has 3 heterocycles. The summed E-state index contributed by atoms with van der Waals surface area (Å²) in [4.78, 5) is 17.9. The molecule has 0 saturated carbocycles. The van der Waals surface area contributed by atoms with Crippen LogP contribution in [-0.4, -0.2) is 34.9 Å². The van der Waals surface area contributed by atoms with E-state index in [2.05, 4.69) is 46.4 Å². The second-order valence-electron chi connectivity index (χ2n) is 5.49. The van der Waals surface area contributed by atoms with Gasteiger partial charge in [-0.3, -0.25) is 9.69 Å². The second-order valence-corrected chi connectivity index (χ2v) is 5.49. The van der Waals surface area contributed by atoms with Crippen molar-refractivity contribution >= 4 is 16.8 Å². The lowest BCUT2D eigenvalue weighted by Crippen LogP contribution is -2.58. The zero-order chi connectivity index (χ0) is 13.0. The number of aromatic nitrogens is 1. The Labute approximate surface area is 111 Å². The Morgan fingerprint density at radius 1 is 1.32 bits per heavy atom. The quantitative estimate of drug-likeness (QED) is 0.751. The van der Waals surface area contributed by atoms with Crippen LogP contribution in [0, 0.1) is 0 Å². The molecule has 2 aliphatic heterocycles. The fraction of sp³-hybridized carbons (Fsp3) is 0.400. The number of nitrogens with one attached hydrogen (secondary N) is 2. The topological polar surface area (TPSA) is 48.1 Å². The van der Waals surface area contributed by atoms with E-state index in [9.17, 15) is 4.79 Å². The fourth-order valence-electron chi connectivity index (χ4n) is 3.56. The van der Waals surface area contributed by atoms with E-state index >= 15 is 0 Å². The van der Waals surface area contributed by atoms with Crippen LogP contribution in [0.25, 0.3) is 10.9 Å². The van der Waals surface area contributed by atoms with E-state index in [1.54, 1.807) is 0 Å². The van der Waals surface area contributed by atoms with Crippen LogP contribution in [0.15, 0.2) is 24.3 Å². The van der Waals surface area contributed by atoms with Gasteiger partial charge in [0.05, 0.1) is 6.04 Å². The number of aromatic amines is 1. The van der Waals surface area contributed by atoms with Crippen LogP contribution in [0.2, 0.25) is 0 Å². The number of hydrogen-bond donors (Lipinski definition) is 2. The summed E-state index contributed by atoms with van der Waals surface area (Å²) in [6.07, 6.45) is 0.815. The standard InChI is InChI=1S/C15H17N3O/c1-9-14-11(10-4-2-3-5-12(10)17-14)8-13-15(19)16-6-7-18(9)13/h2-5,9,13,17H,6-8H2,1H3,(H,16,19)/t9-,13+/m0/s1. The summed E-state index contributed by atoms with van der Waals surface area (Å²) in [5.41, 5.74) is 3.79. The van der Waals surface area contributed by atoms with E-state index in [0.717, 1.165) is 19.5 Å². The Morgan fingerprint density at radius 3 is 3.05 bits per heavy atom. The molecular weight excluding hydrogens is 238 g/mol. The molecule has 2 atom stereocenters. The Bertz CT molecular complexity index is 660. The van der Waals surface area contributed by atoms with Gasteiger partial charge in [-0.05, 0) is 25.0 Å². The van der Waals surface area contributed by atoms with Gasteiger partial charge in [-0.25, -0.2) is 0 Å². The van der Waals surface area contributed by atoms with Crippen molar-refractivity contribution in [3.05, 3.63) is 35.5 Å². The number of carbonyl (C=O) groups excluding carboxylic acids is 1. The third-order valence-electron chi connectivity index (χ3n) is 4.53. The molecule has 4 heteroatoms. The highest BCUT2D eigenvalue weighted by Gasteiger charge is 2.39. The number of nitrogens with zero attached hydrogens (tertiary/aromatic N) is 1. The summed E-state index contributed by atoms with van der Waals surface area (Å²) >= 11 is 0. The van der Waals surface area contributed by atoms with Crippen LogP contribution in [0.3, 0.4) is 0 Å². The van der Waals surface area contributed by atoms with E-state index in [1.165, 1.54) is 22.2 Å². The van der Waals surface area contributed by atoms with Gasteiger partial charge in [0.25, 0.3) is 0 Å². The van der Waals surface area contributed by atoms with Crippen molar-refractivity contribution in [2.45, 2.75) is 25.4 Å². The first kappa shape index (κ1) is 11.1. The third kappa shape index (κ3) is 1.46.